The van der Waals surface area contributed by atoms with E-state index in [-0.39, 0.29) is 5.56 Å². The zero-order chi connectivity index (χ0) is 15.6. The summed E-state index contributed by atoms with van der Waals surface area (Å²) in [5.74, 6) is 0. The summed E-state index contributed by atoms with van der Waals surface area (Å²) >= 11 is 4.96. The first kappa shape index (κ1) is 15.9. The summed E-state index contributed by atoms with van der Waals surface area (Å²) in [4.78, 5) is 2.12. The second kappa shape index (κ2) is 6.08. The molecule has 0 atom stereocenters. The van der Waals surface area contributed by atoms with Crippen molar-refractivity contribution in [3.63, 3.8) is 0 Å². The molecular weight excluding hydrogens is 365 g/mol. The molecule has 0 saturated heterocycles. The highest BCUT2D eigenvalue weighted by atomic mass is 79.9. The molecule has 7 heteroatoms. The first-order valence-corrected chi connectivity index (χ1v) is 7.52. The number of nitriles is 1. The molecule has 0 aliphatic rings. The molecule has 2 aromatic rings. The van der Waals surface area contributed by atoms with E-state index in [1.165, 1.54) is 12.1 Å². The summed E-state index contributed by atoms with van der Waals surface area (Å²) in [5, 5.41) is 11.7. The summed E-state index contributed by atoms with van der Waals surface area (Å²) in [7, 11) is 0. The van der Waals surface area contributed by atoms with Crippen molar-refractivity contribution < 1.29 is 13.2 Å². The van der Waals surface area contributed by atoms with Gasteiger partial charge in [0.05, 0.1) is 17.2 Å². The number of halogens is 4. The molecule has 1 aromatic heterocycles. The number of thiophene rings is 1. The Morgan fingerprint density at radius 1 is 1.33 bits per heavy atom. The monoisotopic (exact) mass is 374 g/mol. The van der Waals surface area contributed by atoms with Crippen LogP contribution in [-0.2, 0) is 12.7 Å². The van der Waals surface area contributed by atoms with Crippen molar-refractivity contribution in [3.05, 3.63) is 49.6 Å². The maximum atomic E-state index is 12.9. The van der Waals surface area contributed by atoms with Gasteiger partial charge in [0.1, 0.15) is 0 Å². The van der Waals surface area contributed by atoms with Gasteiger partial charge in [0.15, 0.2) is 0 Å². The molecule has 0 aliphatic heterocycles. The lowest BCUT2D eigenvalue weighted by molar-refractivity contribution is -0.137. The third-order valence-electron chi connectivity index (χ3n) is 2.82. The number of nitrogens with one attached hydrogen (secondary N) is 1. The average Bonchev–Trinajstić information content (AvgIpc) is 2.74. The average molecular weight is 375 g/mol. The number of alkyl halides is 3. The lowest BCUT2D eigenvalue weighted by Crippen LogP contribution is -2.09. The lowest BCUT2D eigenvalue weighted by Gasteiger charge is -2.11. The standard InChI is InChI=1S/C14H10BrF3N2S/c1-8-13(15)5-11(21-8)7-20-10-3-2-9(6-19)12(4-10)14(16,17)18/h2-5,20H,7H2,1H3. The second-order valence-corrected chi connectivity index (χ2v) is 6.54. The van der Waals surface area contributed by atoms with Gasteiger partial charge in [0, 0.05) is 26.5 Å². The highest BCUT2D eigenvalue weighted by molar-refractivity contribution is 9.10. The highest BCUT2D eigenvalue weighted by Crippen LogP contribution is 2.34. The van der Waals surface area contributed by atoms with Crippen LogP contribution < -0.4 is 5.32 Å². The van der Waals surface area contributed by atoms with Crippen LogP contribution in [0.5, 0.6) is 0 Å². The summed E-state index contributed by atoms with van der Waals surface area (Å²) in [6.07, 6.45) is -4.54. The van der Waals surface area contributed by atoms with Crippen molar-refractivity contribution in [2.75, 3.05) is 5.32 Å². The van der Waals surface area contributed by atoms with Crippen LogP contribution in [0.25, 0.3) is 0 Å². The van der Waals surface area contributed by atoms with E-state index in [1.54, 1.807) is 17.4 Å². The number of benzene rings is 1. The quantitative estimate of drug-likeness (QED) is 0.788. The fourth-order valence-corrected chi connectivity index (χ4v) is 3.32. The number of aryl methyl sites for hydroxylation is 1. The van der Waals surface area contributed by atoms with Gasteiger partial charge in [-0.3, -0.25) is 0 Å². The molecule has 0 saturated carbocycles. The predicted molar refractivity (Wildman–Crippen MR) is 80.2 cm³/mol. The Hall–Kier alpha value is -1.52. The molecule has 0 aliphatic carbocycles. The van der Waals surface area contributed by atoms with Crippen LogP contribution in [0.15, 0.2) is 28.7 Å². The molecule has 0 amide bonds. The Morgan fingerprint density at radius 2 is 2.05 bits per heavy atom. The van der Waals surface area contributed by atoms with Gasteiger partial charge in [0.2, 0.25) is 0 Å². The number of nitrogens with zero attached hydrogens (tertiary/aromatic N) is 1. The summed E-state index contributed by atoms with van der Waals surface area (Å²) in [6, 6.07) is 7.12. The van der Waals surface area contributed by atoms with Crippen molar-refractivity contribution in [1.82, 2.24) is 0 Å². The van der Waals surface area contributed by atoms with E-state index < -0.39 is 11.7 Å². The molecule has 21 heavy (non-hydrogen) atoms. The Morgan fingerprint density at radius 3 is 2.57 bits per heavy atom. The van der Waals surface area contributed by atoms with E-state index >= 15 is 0 Å². The zero-order valence-electron chi connectivity index (χ0n) is 10.9. The summed E-state index contributed by atoms with van der Waals surface area (Å²) < 4.78 is 39.5. The smallest absolute Gasteiger partial charge is 0.380 e. The van der Waals surface area contributed by atoms with E-state index in [4.69, 9.17) is 5.26 Å². The third kappa shape index (κ3) is 3.77. The van der Waals surface area contributed by atoms with E-state index in [9.17, 15) is 13.2 Å². The highest BCUT2D eigenvalue weighted by Gasteiger charge is 2.33. The van der Waals surface area contributed by atoms with Crippen LogP contribution in [0.3, 0.4) is 0 Å². The first-order chi connectivity index (χ1) is 9.81. The SMILES string of the molecule is Cc1sc(CNc2ccc(C#N)c(C(F)(F)F)c2)cc1Br. The lowest BCUT2D eigenvalue weighted by atomic mass is 10.1. The molecule has 1 heterocycles. The molecular formula is C14H10BrF3N2S. The molecule has 0 bridgehead atoms. The van der Waals surface area contributed by atoms with Gasteiger partial charge in [-0.2, -0.15) is 18.4 Å². The van der Waals surface area contributed by atoms with Crippen molar-refractivity contribution in [1.29, 1.82) is 5.26 Å². The van der Waals surface area contributed by atoms with Gasteiger partial charge in [-0.15, -0.1) is 11.3 Å². The Kier molecular flexibility index (Phi) is 4.59. The fraction of sp³-hybridized carbons (Fsp3) is 0.214. The minimum absolute atomic E-state index is 0.337. The molecule has 110 valence electrons. The Labute approximate surface area is 132 Å². The molecule has 2 nitrogen and oxygen atoms in total. The van der Waals surface area contributed by atoms with Crippen molar-refractivity contribution >= 4 is 33.0 Å². The maximum absolute atomic E-state index is 12.9. The van der Waals surface area contributed by atoms with Gasteiger partial charge >= 0.3 is 6.18 Å². The Balaban J connectivity index is 2.20. The maximum Gasteiger partial charge on any atom is 0.417 e. The number of rotatable bonds is 3. The normalized spacial score (nSPS) is 11.2. The molecule has 1 N–H and O–H groups in total. The van der Waals surface area contributed by atoms with Crippen LogP contribution in [-0.4, -0.2) is 0 Å². The van der Waals surface area contributed by atoms with Gasteiger partial charge in [0.25, 0.3) is 0 Å². The van der Waals surface area contributed by atoms with Crippen LogP contribution >= 0.6 is 27.3 Å². The topological polar surface area (TPSA) is 35.8 Å². The Bertz CT molecular complexity index is 682. The van der Waals surface area contributed by atoms with Crippen LogP contribution in [0.4, 0.5) is 18.9 Å². The van der Waals surface area contributed by atoms with Crippen molar-refractivity contribution in [2.45, 2.75) is 19.6 Å². The molecule has 0 unspecified atom stereocenters. The minimum atomic E-state index is -4.54. The second-order valence-electron chi connectivity index (χ2n) is 4.34. The van der Waals surface area contributed by atoms with Gasteiger partial charge in [-0.25, -0.2) is 0 Å². The van der Waals surface area contributed by atoms with E-state index in [0.717, 1.165) is 20.3 Å². The molecule has 0 spiro atoms. The van der Waals surface area contributed by atoms with E-state index in [2.05, 4.69) is 21.2 Å². The van der Waals surface area contributed by atoms with Crippen molar-refractivity contribution in [2.24, 2.45) is 0 Å². The zero-order valence-corrected chi connectivity index (χ0v) is 13.3. The third-order valence-corrected chi connectivity index (χ3v) is 4.96. The largest absolute Gasteiger partial charge is 0.417 e. The van der Waals surface area contributed by atoms with Crippen molar-refractivity contribution in [3.8, 4) is 6.07 Å². The number of hydrogen-bond acceptors (Lipinski definition) is 3. The number of hydrogen-bond donors (Lipinski definition) is 1. The summed E-state index contributed by atoms with van der Waals surface area (Å²) in [5.41, 5.74) is -0.954. The molecule has 0 radical (unpaired) electrons. The minimum Gasteiger partial charge on any atom is -0.380 e. The number of anilines is 1. The van der Waals surface area contributed by atoms with E-state index in [1.807, 2.05) is 13.0 Å². The molecule has 2 rings (SSSR count). The fourth-order valence-electron chi connectivity index (χ4n) is 1.78. The molecule has 0 fully saturated rings. The van der Waals surface area contributed by atoms with Crippen LogP contribution in [0.2, 0.25) is 0 Å². The van der Waals surface area contributed by atoms with Crippen LogP contribution in [0.1, 0.15) is 20.9 Å². The van der Waals surface area contributed by atoms with Gasteiger partial charge in [-0.1, -0.05) is 0 Å². The first-order valence-electron chi connectivity index (χ1n) is 5.91. The summed E-state index contributed by atoms with van der Waals surface area (Å²) in [6.45, 7) is 2.39. The van der Waals surface area contributed by atoms with Gasteiger partial charge in [-0.05, 0) is 47.1 Å². The van der Waals surface area contributed by atoms with Crippen LogP contribution in [0, 0.1) is 18.3 Å². The van der Waals surface area contributed by atoms with Gasteiger partial charge < -0.3 is 5.32 Å². The van der Waals surface area contributed by atoms with E-state index in [0.29, 0.717) is 12.2 Å². The predicted octanol–water partition coefficient (Wildman–Crippen LogP) is 5.32. The molecule has 1 aromatic carbocycles.